The van der Waals surface area contributed by atoms with Crippen molar-refractivity contribution in [3.8, 4) is 0 Å². The van der Waals surface area contributed by atoms with Crippen molar-refractivity contribution in [1.82, 2.24) is 15.5 Å². The van der Waals surface area contributed by atoms with Crippen molar-refractivity contribution in [2.45, 2.75) is 37.9 Å². The molecule has 1 aromatic carbocycles. The van der Waals surface area contributed by atoms with Gasteiger partial charge in [-0.2, -0.15) is 0 Å². The second kappa shape index (κ2) is 6.30. The molecule has 1 aromatic rings. The van der Waals surface area contributed by atoms with E-state index in [4.69, 9.17) is 5.73 Å². The first-order valence-corrected chi connectivity index (χ1v) is 8.77. The lowest BCUT2D eigenvalue weighted by molar-refractivity contribution is -0.136. The van der Waals surface area contributed by atoms with E-state index in [0.717, 1.165) is 23.4 Å². The Balaban J connectivity index is 1.54. The second-order valence-electron chi connectivity index (χ2n) is 7.08. The van der Waals surface area contributed by atoms with Gasteiger partial charge in [0.2, 0.25) is 11.8 Å². The first-order valence-electron chi connectivity index (χ1n) is 8.77. The third-order valence-corrected chi connectivity index (χ3v) is 5.25. The summed E-state index contributed by atoms with van der Waals surface area (Å²) in [6.45, 7) is 1.22. The number of amides is 4. The van der Waals surface area contributed by atoms with Crippen LogP contribution in [-0.4, -0.2) is 47.2 Å². The summed E-state index contributed by atoms with van der Waals surface area (Å²) >= 11 is 0. The Labute approximate surface area is 150 Å². The van der Waals surface area contributed by atoms with Crippen molar-refractivity contribution < 1.29 is 19.2 Å². The molecular weight excluding hydrogens is 336 g/mol. The first kappa shape index (κ1) is 16.9. The van der Waals surface area contributed by atoms with Gasteiger partial charge in [0.15, 0.2) is 0 Å². The molecule has 0 aromatic heterocycles. The maximum atomic E-state index is 12.9. The van der Waals surface area contributed by atoms with Crippen LogP contribution < -0.4 is 16.4 Å². The Bertz CT molecular complexity index is 821. The topological polar surface area (TPSA) is 122 Å². The molecule has 1 saturated carbocycles. The molecule has 0 spiro atoms. The summed E-state index contributed by atoms with van der Waals surface area (Å²) < 4.78 is 0. The van der Waals surface area contributed by atoms with Crippen LogP contribution in [-0.2, 0) is 16.1 Å². The van der Waals surface area contributed by atoms with Gasteiger partial charge >= 0.3 is 0 Å². The summed E-state index contributed by atoms with van der Waals surface area (Å²) in [6, 6.07) is 4.44. The van der Waals surface area contributed by atoms with E-state index >= 15 is 0 Å². The van der Waals surface area contributed by atoms with Gasteiger partial charge in [0.1, 0.15) is 6.04 Å². The number of hydrogen-bond acceptors (Lipinski definition) is 6. The molecule has 26 heavy (non-hydrogen) atoms. The smallest absolute Gasteiger partial charge is 0.262 e. The molecule has 8 heteroatoms. The molecule has 8 nitrogen and oxygen atoms in total. The highest BCUT2D eigenvalue weighted by atomic mass is 16.2. The lowest BCUT2D eigenvalue weighted by Crippen LogP contribution is -2.54. The molecule has 2 fully saturated rings. The molecule has 136 valence electrons. The molecule has 4 amide bonds. The fourth-order valence-corrected chi connectivity index (χ4v) is 3.63. The van der Waals surface area contributed by atoms with E-state index in [1.807, 2.05) is 0 Å². The zero-order valence-electron chi connectivity index (χ0n) is 14.2. The summed E-state index contributed by atoms with van der Waals surface area (Å²) in [5.74, 6) is -1.47. The van der Waals surface area contributed by atoms with Crippen molar-refractivity contribution in [2.24, 2.45) is 11.7 Å². The number of hydrogen-bond donors (Lipinski definition) is 3. The number of carbonyl (C=O) groups excluding carboxylic acids is 4. The number of piperidine rings is 1. The zero-order chi connectivity index (χ0) is 18.4. The van der Waals surface area contributed by atoms with Crippen LogP contribution in [0.1, 0.15) is 45.5 Å². The minimum atomic E-state index is -0.939. The number of nitrogens with one attached hydrogen (secondary N) is 2. The molecule has 2 heterocycles. The quantitative estimate of drug-likeness (QED) is 0.613. The van der Waals surface area contributed by atoms with Crippen LogP contribution in [0.2, 0.25) is 0 Å². The summed E-state index contributed by atoms with van der Waals surface area (Å²) in [5, 5.41) is 5.48. The number of rotatable bonds is 5. The van der Waals surface area contributed by atoms with Gasteiger partial charge in [-0.15, -0.1) is 0 Å². The fraction of sp³-hybridized carbons (Fsp3) is 0.444. The highest BCUT2D eigenvalue weighted by Crippen LogP contribution is 2.30. The zero-order valence-corrected chi connectivity index (χ0v) is 14.2. The molecule has 1 aliphatic carbocycles. The van der Waals surface area contributed by atoms with Crippen molar-refractivity contribution in [3.63, 3.8) is 0 Å². The Morgan fingerprint density at radius 1 is 1.19 bits per heavy atom. The van der Waals surface area contributed by atoms with Crippen molar-refractivity contribution in [1.29, 1.82) is 0 Å². The van der Waals surface area contributed by atoms with Crippen LogP contribution >= 0.6 is 0 Å². The standard InChI is InChI=1S/C18H20N4O4/c19-12-6-10(12)8-20-7-9-2-1-3-11-15(9)18(26)22(17(11)25)13-4-5-14(23)21-16(13)24/h1-3,10,12-13,20H,4-8,19H2,(H,21,23,24)/t10-,12-,13?/m1/s1. The summed E-state index contributed by atoms with van der Waals surface area (Å²) in [7, 11) is 0. The third-order valence-electron chi connectivity index (χ3n) is 5.25. The lowest BCUT2D eigenvalue weighted by Gasteiger charge is -2.27. The van der Waals surface area contributed by atoms with Gasteiger partial charge in [-0.3, -0.25) is 29.4 Å². The van der Waals surface area contributed by atoms with E-state index in [2.05, 4.69) is 10.6 Å². The van der Waals surface area contributed by atoms with Gasteiger partial charge in [0.05, 0.1) is 11.1 Å². The van der Waals surface area contributed by atoms with E-state index in [-0.39, 0.29) is 24.8 Å². The van der Waals surface area contributed by atoms with Crippen LogP contribution in [0.5, 0.6) is 0 Å². The van der Waals surface area contributed by atoms with Crippen molar-refractivity contribution >= 4 is 23.6 Å². The molecular formula is C18H20N4O4. The van der Waals surface area contributed by atoms with Crippen LogP contribution in [0.25, 0.3) is 0 Å². The highest BCUT2D eigenvalue weighted by Gasteiger charge is 2.45. The minimum absolute atomic E-state index is 0.111. The van der Waals surface area contributed by atoms with Gasteiger partial charge in [-0.1, -0.05) is 12.1 Å². The number of carbonyl (C=O) groups is 4. The molecule has 0 bridgehead atoms. The van der Waals surface area contributed by atoms with Crippen molar-refractivity contribution in [3.05, 3.63) is 34.9 Å². The van der Waals surface area contributed by atoms with Crippen molar-refractivity contribution in [2.75, 3.05) is 6.54 Å². The molecule has 4 N–H and O–H groups in total. The first-order chi connectivity index (χ1) is 12.5. The molecule has 3 aliphatic rings. The SMILES string of the molecule is N[C@@H]1C[C@@H]1CNCc1cccc2c1C(=O)N(C1CCC(=O)NC1=O)C2=O. The molecule has 3 atom stereocenters. The molecule has 1 unspecified atom stereocenters. The normalized spacial score (nSPS) is 27.6. The fourth-order valence-electron chi connectivity index (χ4n) is 3.63. The average molecular weight is 356 g/mol. The van der Waals surface area contributed by atoms with Crippen LogP contribution in [0.3, 0.4) is 0 Å². The Morgan fingerprint density at radius 3 is 2.65 bits per heavy atom. The van der Waals surface area contributed by atoms with Crippen LogP contribution in [0, 0.1) is 5.92 Å². The maximum absolute atomic E-state index is 12.9. The third kappa shape index (κ3) is 2.81. The second-order valence-corrected chi connectivity index (χ2v) is 7.08. The molecule has 1 saturated heterocycles. The number of fused-ring (bicyclic) bond motifs is 1. The van der Waals surface area contributed by atoms with Crippen LogP contribution in [0.15, 0.2) is 18.2 Å². The molecule has 4 rings (SSSR count). The van der Waals surface area contributed by atoms with Gasteiger partial charge in [-0.25, -0.2) is 0 Å². The van der Waals surface area contributed by atoms with Gasteiger partial charge < -0.3 is 11.1 Å². The van der Waals surface area contributed by atoms with E-state index in [0.29, 0.717) is 23.6 Å². The number of benzene rings is 1. The van der Waals surface area contributed by atoms with E-state index < -0.39 is 23.8 Å². The van der Waals surface area contributed by atoms with Gasteiger partial charge in [0.25, 0.3) is 11.8 Å². The number of imide groups is 2. The minimum Gasteiger partial charge on any atom is -0.327 e. The Kier molecular flexibility index (Phi) is 4.08. The predicted molar refractivity (Wildman–Crippen MR) is 90.9 cm³/mol. The van der Waals surface area contributed by atoms with E-state index in [1.54, 1.807) is 18.2 Å². The number of nitrogens with zero attached hydrogens (tertiary/aromatic N) is 1. The predicted octanol–water partition coefficient (Wildman–Crippen LogP) is -0.475. The average Bonchev–Trinajstić information content (AvgIpc) is 3.24. The van der Waals surface area contributed by atoms with Gasteiger partial charge in [0, 0.05) is 19.0 Å². The maximum Gasteiger partial charge on any atom is 0.262 e. The Hall–Kier alpha value is -2.58. The molecule has 2 aliphatic heterocycles. The van der Waals surface area contributed by atoms with E-state index in [9.17, 15) is 19.2 Å². The van der Waals surface area contributed by atoms with E-state index in [1.165, 1.54) is 0 Å². The Morgan fingerprint density at radius 2 is 1.96 bits per heavy atom. The summed E-state index contributed by atoms with van der Waals surface area (Å²) in [6.07, 6.45) is 1.27. The van der Waals surface area contributed by atoms with Crippen LogP contribution in [0.4, 0.5) is 0 Å². The summed E-state index contributed by atoms with van der Waals surface area (Å²) in [5.41, 5.74) is 7.17. The largest absolute Gasteiger partial charge is 0.327 e. The monoisotopic (exact) mass is 356 g/mol. The number of nitrogens with two attached hydrogens (primary N) is 1. The summed E-state index contributed by atoms with van der Waals surface area (Å²) in [4.78, 5) is 50.1. The lowest BCUT2D eigenvalue weighted by atomic mass is 10.0. The molecule has 0 radical (unpaired) electrons. The highest BCUT2D eigenvalue weighted by molar-refractivity contribution is 6.24. The van der Waals surface area contributed by atoms with Gasteiger partial charge in [-0.05, 0) is 36.9 Å².